The third-order valence-corrected chi connectivity index (χ3v) is 9.89. The smallest absolute Gasteiger partial charge is 0.359 e. The van der Waals surface area contributed by atoms with Crippen LogP contribution in [-0.2, 0) is 27.9 Å². The molecule has 242 valence electrons. The maximum atomic E-state index is 13.7. The minimum absolute atomic E-state index is 0.0205. The van der Waals surface area contributed by atoms with Gasteiger partial charge in [-0.25, -0.2) is 8.42 Å². The molecule has 2 heterocycles. The molecule has 9 nitrogen and oxygen atoms in total. The second-order valence-electron chi connectivity index (χ2n) is 11.8. The Balaban J connectivity index is 1.50. The van der Waals surface area contributed by atoms with E-state index in [1.807, 2.05) is 0 Å². The van der Waals surface area contributed by atoms with Gasteiger partial charge in [0.05, 0.1) is 18.0 Å². The van der Waals surface area contributed by atoms with Crippen molar-refractivity contribution in [1.29, 1.82) is 0 Å². The van der Waals surface area contributed by atoms with Crippen molar-refractivity contribution in [3.8, 4) is 11.1 Å². The number of sulfonamides is 1. The molecular formula is C32H38F3N5O4S. The third kappa shape index (κ3) is 7.09. The lowest BCUT2D eigenvalue weighted by Crippen LogP contribution is -2.40. The Morgan fingerprint density at radius 3 is 2.47 bits per heavy atom. The first-order valence-corrected chi connectivity index (χ1v) is 16.7. The number of hydrogen-bond acceptors (Lipinski definition) is 7. The van der Waals surface area contributed by atoms with Gasteiger partial charge in [-0.05, 0) is 55.9 Å². The average Bonchev–Trinajstić information content (AvgIpc) is 3.66. The Kier molecular flexibility index (Phi) is 9.41. The zero-order chi connectivity index (χ0) is 32.4. The van der Waals surface area contributed by atoms with Gasteiger partial charge in [-0.1, -0.05) is 67.7 Å². The van der Waals surface area contributed by atoms with E-state index in [9.17, 15) is 26.4 Å². The lowest BCUT2D eigenvalue weighted by atomic mass is 9.96. The molecular weight excluding hydrogens is 607 g/mol. The highest BCUT2D eigenvalue weighted by molar-refractivity contribution is 7.92. The molecule has 2 aromatic carbocycles. The fraction of sp³-hybridized carbons (Fsp3) is 0.469. The number of unbranched alkanes of at least 4 members (excludes halogenated alkanes) is 1. The number of aliphatic imine (C=N–C) groups is 1. The number of anilines is 1. The van der Waals surface area contributed by atoms with Crippen LogP contribution in [-0.4, -0.2) is 48.5 Å². The van der Waals surface area contributed by atoms with Crippen LogP contribution in [0.1, 0.15) is 74.3 Å². The molecule has 1 aliphatic heterocycles. The van der Waals surface area contributed by atoms with Crippen molar-refractivity contribution in [2.24, 2.45) is 4.99 Å². The minimum Gasteiger partial charge on any atom is -0.359 e. The van der Waals surface area contributed by atoms with E-state index in [1.54, 1.807) is 55.1 Å². The SMILES string of the molecule is CCCCC1=NC2(CCCC2)C(=O)N1Cc1ccc(-c2ccccc2S(=O)(=O)Nc2noc(C)c2C)c(CNCC(F)(F)F)c1. The molecule has 3 aromatic rings. The average molecular weight is 646 g/mol. The van der Waals surface area contributed by atoms with Crippen LogP contribution in [0.15, 0.2) is 56.9 Å². The van der Waals surface area contributed by atoms with Crippen LogP contribution in [0, 0.1) is 13.8 Å². The first kappa shape index (κ1) is 32.7. The van der Waals surface area contributed by atoms with E-state index in [1.165, 1.54) is 6.07 Å². The summed E-state index contributed by atoms with van der Waals surface area (Å²) in [5, 5.41) is 6.25. The van der Waals surface area contributed by atoms with E-state index in [2.05, 4.69) is 22.1 Å². The quantitative estimate of drug-likeness (QED) is 0.228. The zero-order valence-electron chi connectivity index (χ0n) is 25.6. The van der Waals surface area contributed by atoms with Gasteiger partial charge in [-0.15, -0.1) is 0 Å². The van der Waals surface area contributed by atoms with Gasteiger partial charge in [0.2, 0.25) is 0 Å². The fourth-order valence-corrected chi connectivity index (χ4v) is 7.27. The number of benzene rings is 2. The summed E-state index contributed by atoms with van der Waals surface area (Å²) in [6.45, 7) is 4.24. The highest BCUT2D eigenvalue weighted by Gasteiger charge is 2.49. The molecule has 1 fully saturated rings. The molecule has 0 bridgehead atoms. The summed E-state index contributed by atoms with van der Waals surface area (Å²) in [4.78, 5) is 20.3. The number of carbonyl (C=O) groups is 1. The van der Waals surface area contributed by atoms with Crippen LogP contribution >= 0.6 is 0 Å². The summed E-state index contributed by atoms with van der Waals surface area (Å²) < 4.78 is 74.0. The summed E-state index contributed by atoms with van der Waals surface area (Å²) in [5.41, 5.74) is 1.76. The number of amides is 1. The molecule has 1 saturated carbocycles. The van der Waals surface area contributed by atoms with Crippen molar-refractivity contribution in [1.82, 2.24) is 15.4 Å². The maximum absolute atomic E-state index is 13.7. The molecule has 2 N–H and O–H groups in total. The van der Waals surface area contributed by atoms with Crippen LogP contribution in [0.5, 0.6) is 0 Å². The van der Waals surface area contributed by atoms with Gasteiger partial charge >= 0.3 is 6.18 Å². The van der Waals surface area contributed by atoms with Gasteiger partial charge in [-0.3, -0.25) is 19.4 Å². The zero-order valence-corrected chi connectivity index (χ0v) is 26.4. The predicted octanol–water partition coefficient (Wildman–Crippen LogP) is 6.65. The van der Waals surface area contributed by atoms with Gasteiger partial charge in [0, 0.05) is 24.1 Å². The topological polar surface area (TPSA) is 117 Å². The van der Waals surface area contributed by atoms with Crippen molar-refractivity contribution in [2.45, 2.75) is 95.4 Å². The number of aryl methyl sites for hydroxylation is 1. The maximum Gasteiger partial charge on any atom is 0.401 e. The monoisotopic (exact) mass is 645 g/mol. The normalized spacial score (nSPS) is 16.5. The molecule has 1 amide bonds. The number of nitrogens with zero attached hydrogens (tertiary/aromatic N) is 3. The van der Waals surface area contributed by atoms with Gasteiger partial charge in [-0.2, -0.15) is 13.2 Å². The van der Waals surface area contributed by atoms with E-state index >= 15 is 0 Å². The van der Waals surface area contributed by atoms with Gasteiger partial charge < -0.3 is 9.84 Å². The Morgan fingerprint density at radius 2 is 1.80 bits per heavy atom. The predicted molar refractivity (Wildman–Crippen MR) is 165 cm³/mol. The van der Waals surface area contributed by atoms with Crippen LogP contribution < -0.4 is 10.0 Å². The lowest BCUT2D eigenvalue weighted by molar-refractivity contribution is -0.131. The van der Waals surface area contributed by atoms with Crippen molar-refractivity contribution < 1.29 is 30.9 Å². The summed E-state index contributed by atoms with van der Waals surface area (Å²) in [5.74, 6) is 1.26. The molecule has 45 heavy (non-hydrogen) atoms. The number of amidine groups is 1. The number of alkyl halides is 3. The molecule has 1 aromatic heterocycles. The molecule has 0 radical (unpaired) electrons. The van der Waals surface area contributed by atoms with Crippen molar-refractivity contribution in [3.05, 3.63) is 64.9 Å². The van der Waals surface area contributed by atoms with Gasteiger partial charge in [0.25, 0.3) is 15.9 Å². The van der Waals surface area contributed by atoms with Crippen LogP contribution in [0.3, 0.4) is 0 Å². The highest BCUT2D eigenvalue weighted by Crippen LogP contribution is 2.40. The molecule has 0 atom stereocenters. The van der Waals surface area contributed by atoms with Crippen molar-refractivity contribution >= 4 is 27.6 Å². The summed E-state index contributed by atoms with van der Waals surface area (Å²) in [6, 6.07) is 11.5. The fourth-order valence-electron chi connectivity index (χ4n) is 5.99. The Labute approximate surface area is 261 Å². The Hall–Kier alpha value is -3.71. The van der Waals surface area contributed by atoms with Crippen LogP contribution in [0.4, 0.5) is 19.0 Å². The number of nitrogens with one attached hydrogen (secondary N) is 2. The van der Waals surface area contributed by atoms with Crippen molar-refractivity contribution in [2.75, 3.05) is 11.3 Å². The molecule has 0 saturated heterocycles. The minimum atomic E-state index is -4.43. The molecule has 1 spiro atoms. The summed E-state index contributed by atoms with van der Waals surface area (Å²) in [6.07, 6.45) is 1.40. The summed E-state index contributed by atoms with van der Waals surface area (Å²) in [7, 11) is -4.17. The molecule has 0 unspecified atom stereocenters. The van der Waals surface area contributed by atoms with E-state index in [0.717, 1.165) is 44.4 Å². The highest BCUT2D eigenvalue weighted by atomic mass is 32.2. The van der Waals surface area contributed by atoms with Gasteiger partial charge in [0.1, 0.15) is 17.1 Å². The second-order valence-corrected chi connectivity index (χ2v) is 13.4. The van der Waals surface area contributed by atoms with E-state index < -0.39 is 28.3 Å². The second kappa shape index (κ2) is 13.0. The number of hydrogen-bond donors (Lipinski definition) is 2. The number of halogens is 3. The van der Waals surface area contributed by atoms with Crippen LogP contribution in [0.2, 0.25) is 0 Å². The largest absolute Gasteiger partial charge is 0.401 e. The molecule has 5 rings (SSSR count). The molecule has 1 aliphatic carbocycles. The Bertz CT molecular complexity index is 1690. The van der Waals surface area contributed by atoms with Gasteiger partial charge in [0.15, 0.2) is 5.82 Å². The number of rotatable bonds is 12. The molecule has 13 heteroatoms. The number of aromatic nitrogens is 1. The van der Waals surface area contributed by atoms with E-state index in [-0.39, 0.29) is 29.7 Å². The first-order chi connectivity index (χ1) is 21.3. The van der Waals surface area contributed by atoms with E-state index in [0.29, 0.717) is 40.0 Å². The Morgan fingerprint density at radius 1 is 1.07 bits per heavy atom. The lowest BCUT2D eigenvalue weighted by Gasteiger charge is -2.23. The third-order valence-electron chi connectivity index (χ3n) is 8.49. The standard InChI is InChI=1S/C32H38F3N5O4S/c1-4-5-12-28-37-31(15-8-9-16-31)30(41)40(28)19-23-13-14-25(24(17-23)18-36-20-32(33,34)35)26-10-6-7-11-27(26)45(42,43)39-29-21(2)22(3)44-38-29/h6-7,10-11,13-14,17,36H,4-5,8-9,12,15-16,18-20H2,1-3H3,(H,38,39). The van der Waals surface area contributed by atoms with Crippen molar-refractivity contribution in [3.63, 3.8) is 0 Å². The molecule has 2 aliphatic rings. The van der Waals surface area contributed by atoms with Crippen LogP contribution in [0.25, 0.3) is 11.1 Å². The van der Waals surface area contributed by atoms with E-state index in [4.69, 9.17) is 9.52 Å². The first-order valence-electron chi connectivity index (χ1n) is 15.2. The summed E-state index contributed by atoms with van der Waals surface area (Å²) >= 11 is 0. The number of carbonyl (C=O) groups excluding carboxylic acids is 1.